The number of nitrogens with zero attached hydrogens (tertiary/aromatic N) is 2. The van der Waals surface area contributed by atoms with Crippen LogP contribution in [0.5, 0.6) is 0 Å². The number of aromatic nitrogens is 1. The summed E-state index contributed by atoms with van der Waals surface area (Å²) in [4.78, 5) is 6.32. The number of hydrogen-bond donors (Lipinski definition) is 1. The maximum absolute atomic E-state index is 10.4. The Morgan fingerprint density at radius 1 is 1.10 bits per heavy atom. The summed E-state index contributed by atoms with van der Waals surface area (Å²) >= 11 is 0. The first-order valence-corrected chi connectivity index (χ1v) is 7.55. The molecule has 0 saturated heterocycles. The van der Waals surface area contributed by atoms with Crippen molar-refractivity contribution in [2.45, 2.75) is 26.4 Å². The van der Waals surface area contributed by atoms with Gasteiger partial charge >= 0.3 is 0 Å². The molecule has 2 aromatic rings. The summed E-state index contributed by atoms with van der Waals surface area (Å²) in [6.45, 7) is 6.75. The highest BCUT2D eigenvalue weighted by atomic mass is 16.3. The minimum absolute atomic E-state index is 0.428. The Bertz CT molecular complexity index is 525. The Balaban J connectivity index is 1.88. The van der Waals surface area contributed by atoms with Crippen LogP contribution in [0.1, 0.15) is 29.7 Å². The largest absolute Gasteiger partial charge is 0.387 e. The van der Waals surface area contributed by atoms with Gasteiger partial charge in [-0.15, -0.1) is 0 Å². The second kappa shape index (κ2) is 7.91. The fourth-order valence-corrected chi connectivity index (χ4v) is 2.35. The van der Waals surface area contributed by atoms with Crippen LogP contribution in [0.2, 0.25) is 0 Å². The monoisotopic (exact) mass is 284 g/mol. The maximum Gasteiger partial charge on any atom is 0.0916 e. The number of aryl methyl sites for hydroxylation is 1. The predicted molar refractivity (Wildman–Crippen MR) is 86.2 cm³/mol. The van der Waals surface area contributed by atoms with Gasteiger partial charge in [0, 0.05) is 25.5 Å². The van der Waals surface area contributed by atoms with Gasteiger partial charge in [0.2, 0.25) is 0 Å². The lowest BCUT2D eigenvalue weighted by atomic mass is 10.1. The number of hydrogen-bond acceptors (Lipinski definition) is 3. The van der Waals surface area contributed by atoms with Crippen LogP contribution in [-0.2, 0) is 6.42 Å². The summed E-state index contributed by atoms with van der Waals surface area (Å²) in [5, 5.41) is 10.4. The van der Waals surface area contributed by atoms with Crippen LogP contribution in [-0.4, -0.2) is 34.6 Å². The number of pyridine rings is 1. The van der Waals surface area contributed by atoms with Gasteiger partial charge in [-0.25, -0.2) is 0 Å². The van der Waals surface area contributed by atoms with Crippen molar-refractivity contribution >= 4 is 0 Å². The van der Waals surface area contributed by atoms with Gasteiger partial charge in [0.25, 0.3) is 0 Å². The minimum Gasteiger partial charge on any atom is -0.387 e. The molecule has 112 valence electrons. The molecule has 0 saturated carbocycles. The lowest BCUT2D eigenvalue weighted by molar-refractivity contribution is 0.116. The van der Waals surface area contributed by atoms with Gasteiger partial charge in [-0.3, -0.25) is 4.98 Å². The zero-order valence-electron chi connectivity index (χ0n) is 12.9. The summed E-state index contributed by atoms with van der Waals surface area (Å²) in [5.74, 6) is 0. The quantitative estimate of drug-likeness (QED) is 0.849. The van der Waals surface area contributed by atoms with Crippen LogP contribution in [0.3, 0.4) is 0 Å². The Labute approximate surface area is 127 Å². The van der Waals surface area contributed by atoms with E-state index in [0.29, 0.717) is 6.54 Å². The van der Waals surface area contributed by atoms with Crippen molar-refractivity contribution in [2.24, 2.45) is 0 Å². The van der Waals surface area contributed by atoms with E-state index in [-0.39, 0.29) is 0 Å². The molecule has 1 aromatic heterocycles. The SMILES string of the molecule is CCN(CCc1ccncc1)C[C@@H](O)c1ccc(C)cc1. The van der Waals surface area contributed by atoms with Crippen molar-refractivity contribution in [3.05, 3.63) is 65.5 Å². The molecule has 0 aliphatic rings. The topological polar surface area (TPSA) is 36.4 Å². The molecular formula is C18H24N2O. The molecule has 3 heteroatoms. The van der Waals surface area contributed by atoms with Gasteiger partial charge in [0.1, 0.15) is 0 Å². The summed E-state index contributed by atoms with van der Waals surface area (Å²) < 4.78 is 0. The molecule has 0 fully saturated rings. The summed E-state index contributed by atoms with van der Waals surface area (Å²) in [5.41, 5.74) is 3.49. The fourth-order valence-electron chi connectivity index (χ4n) is 2.35. The number of aliphatic hydroxyl groups is 1. The van der Waals surface area contributed by atoms with Crippen molar-refractivity contribution in [1.82, 2.24) is 9.88 Å². The van der Waals surface area contributed by atoms with E-state index < -0.39 is 6.10 Å². The Morgan fingerprint density at radius 3 is 2.38 bits per heavy atom. The third kappa shape index (κ3) is 4.96. The third-order valence-electron chi connectivity index (χ3n) is 3.81. The fraction of sp³-hybridized carbons (Fsp3) is 0.389. The van der Waals surface area contributed by atoms with E-state index in [1.54, 1.807) is 0 Å². The van der Waals surface area contributed by atoms with Crippen LogP contribution < -0.4 is 0 Å². The van der Waals surface area contributed by atoms with Crippen LogP contribution in [0.4, 0.5) is 0 Å². The molecule has 1 heterocycles. The van der Waals surface area contributed by atoms with Crippen molar-refractivity contribution in [3.63, 3.8) is 0 Å². The Hall–Kier alpha value is -1.71. The second-order valence-corrected chi connectivity index (χ2v) is 5.43. The van der Waals surface area contributed by atoms with Crippen LogP contribution in [0.25, 0.3) is 0 Å². The van der Waals surface area contributed by atoms with Crippen LogP contribution in [0.15, 0.2) is 48.8 Å². The maximum atomic E-state index is 10.4. The molecule has 2 rings (SSSR count). The molecule has 0 radical (unpaired) electrons. The van der Waals surface area contributed by atoms with Crippen molar-refractivity contribution in [2.75, 3.05) is 19.6 Å². The smallest absolute Gasteiger partial charge is 0.0916 e. The van der Waals surface area contributed by atoms with E-state index in [2.05, 4.69) is 23.7 Å². The molecule has 3 nitrogen and oxygen atoms in total. The van der Waals surface area contributed by atoms with Gasteiger partial charge in [0.05, 0.1) is 6.10 Å². The van der Waals surface area contributed by atoms with Crippen molar-refractivity contribution in [1.29, 1.82) is 0 Å². The van der Waals surface area contributed by atoms with Gasteiger partial charge in [-0.1, -0.05) is 36.8 Å². The first-order valence-electron chi connectivity index (χ1n) is 7.55. The molecular weight excluding hydrogens is 260 g/mol. The van der Waals surface area contributed by atoms with Crippen LogP contribution >= 0.6 is 0 Å². The van der Waals surface area contributed by atoms with E-state index >= 15 is 0 Å². The molecule has 0 amide bonds. The molecule has 0 unspecified atom stereocenters. The zero-order valence-corrected chi connectivity index (χ0v) is 12.9. The lowest BCUT2D eigenvalue weighted by Gasteiger charge is -2.24. The number of benzene rings is 1. The number of aliphatic hydroxyl groups excluding tert-OH is 1. The van der Waals surface area contributed by atoms with E-state index in [1.807, 2.05) is 48.8 Å². The average Bonchev–Trinajstić information content (AvgIpc) is 2.53. The second-order valence-electron chi connectivity index (χ2n) is 5.43. The van der Waals surface area contributed by atoms with Crippen molar-refractivity contribution < 1.29 is 5.11 Å². The van der Waals surface area contributed by atoms with Crippen LogP contribution in [0, 0.1) is 6.92 Å². The first-order chi connectivity index (χ1) is 10.2. The standard InChI is InChI=1S/C18H24N2O/c1-3-20(13-10-16-8-11-19-12-9-16)14-18(21)17-6-4-15(2)5-7-17/h4-9,11-12,18,21H,3,10,13-14H2,1-2H3/t18-/m1/s1. The molecule has 21 heavy (non-hydrogen) atoms. The minimum atomic E-state index is -0.428. The predicted octanol–water partition coefficient (Wildman–Crippen LogP) is 2.99. The summed E-state index contributed by atoms with van der Waals surface area (Å²) in [6.07, 6.45) is 4.21. The van der Waals surface area contributed by atoms with Gasteiger partial charge in [-0.05, 0) is 43.1 Å². The third-order valence-corrected chi connectivity index (χ3v) is 3.81. The average molecular weight is 284 g/mol. The summed E-state index contributed by atoms with van der Waals surface area (Å²) in [6, 6.07) is 12.2. The molecule has 1 N–H and O–H groups in total. The molecule has 0 bridgehead atoms. The number of likely N-dealkylation sites (N-methyl/N-ethyl adjacent to an activating group) is 1. The Morgan fingerprint density at radius 2 is 1.76 bits per heavy atom. The summed E-state index contributed by atoms with van der Waals surface area (Å²) in [7, 11) is 0. The highest BCUT2D eigenvalue weighted by molar-refractivity contribution is 5.23. The Kier molecular flexibility index (Phi) is 5.90. The van der Waals surface area contributed by atoms with E-state index in [4.69, 9.17) is 0 Å². The molecule has 1 aromatic carbocycles. The molecule has 0 aliphatic heterocycles. The molecule has 1 atom stereocenters. The van der Waals surface area contributed by atoms with E-state index in [1.165, 1.54) is 11.1 Å². The highest BCUT2D eigenvalue weighted by Gasteiger charge is 2.12. The van der Waals surface area contributed by atoms with E-state index in [0.717, 1.165) is 25.1 Å². The van der Waals surface area contributed by atoms with Gasteiger partial charge < -0.3 is 10.0 Å². The molecule has 0 aliphatic carbocycles. The first kappa shape index (κ1) is 15.7. The number of rotatable bonds is 7. The normalized spacial score (nSPS) is 12.6. The molecule has 0 spiro atoms. The van der Waals surface area contributed by atoms with E-state index in [9.17, 15) is 5.11 Å². The lowest BCUT2D eigenvalue weighted by Crippen LogP contribution is -2.30. The zero-order chi connectivity index (χ0) is 15.1. The van der Waals surface area contributed by atoms with Gasteiger partial charge in [-0.2, -0.15) is 0 Å². The highest BCUT2D eigenvalue weighted by Crippen LogP contribution is 2.15. The van der Waals surface area contributed by atoms with Gasteiger partial charge in [0.15, 0.2) is 0 Å². The van der Waals surface area contributed by atoms with Crippen molar-refractivity contribution in [3.8, 4) is 0 Å².